The van der Waals surface area contributed by atoms with Gasteiger partial charge in [0.15, 0.2) is 6.04 Å². The number of benzene rings is 2. The van der Waals surface area contributed by atoms with Crippen molar-refractivity contribution in [2.45, 2.75) is 44.8 Å². The van der Waals surface area contributed by atoms with Crippen molar-refractivity contribution in [2.75, 3.05) is 11.9 Å². The van der Waals surface area contributed by atoms with Crippen molar-refractivity contribution < 1.29 is 14.9 Å². The van der Waals surface area contributed by atoms with E-state index in [1.165, 1.54) is 11.1 Å². The number of aryl methyl sites for hydroxylation is 1. The fourth-order valence-corrected chi connectivity index (χ4v) is 4.11. The first-order valence-electron chi connectivity index (χ1n) is 9.70. The van der Waals surface area contributed by atoms with Crippen molar-refractivity contribution in [3.63, 3.8) is 0 Å². The summed E-state index contributed by atoms with van der Waals surface area (Å²) in [5.41, 5.74) is 4.48. The Kier molecular flexibility index (Phi) is 4.94. The quantitative estimate of drug-likeness (QED) is 0.869. The number of nitrogens with zero attached hydrogens (tertiary/aromatic N) is 1. The average Bonchev–Trinajstić information content (AvgIpc) is 3.19. The smallest absolute Gasteiger partial charge is 0.281 e. The van der Waals surface area contributed by atoms with Gasteiger partial charge < -0.3 is 15.5 Å². The summed E-state index contributed by atoms with van der Waals surface area (Å²) in [5, 5.41) is 5.08. The second-order valence-electron chi connectivity index (χ2n) is 7.56. The first-order valence-corrected chi connectivity index (χ1v) is 9.70. The summed E-state index contributed by atoms with van der Waals surface area (Å²) in [4.78, 5) is 27.7. The van der Waals surface area contributed by atoms with E-state index in [0.29, 0.717) is 6.54 Å². The van der Waals surface area contributed by atoms with Gasteiger partial charge in [-0.15, -0.1) is 0 Å². The zero-order valence-corrected chi connectivity index (χ0v) is 15.7. The van der Waals surface area contributed by atoms with Crippen molar-refractivity contribution >= 4 is 17.5 Å². The lowest BCUT2D eigenvalue weighted by molar-refractivity contribution is -0.695. The second-order valence-corrected chi connectivity index (χ2v) is 7.56. The molecule has 0 bridgehead atoms. The van der Waals surface area contributed by atoms with E-state index >= 15 is 0 Å². The molecule has 2 amide bonds. The third-order valence-electron chi connectivity index (χ3n) is 5.66. The van der Waals surface area contributed by atoms with Gasteiger partial charge in [-0.25, -0.2) is 0 Å². The fraction of sp³-hybridized carbons (Fsp3) is 0.364. The lowest BCUT2D eigenvalue weighted by atomic mass is 9.95. The topological polar surface area (TPSA) is 66.0 Å². The molecule has 5 heteroatoms. The molecular weight excluding hydrogens is 338 g/mol. The van der Waals surface area contributed by atoms with Gasteiger partial charge in [0.1, 0.15) is 12.6 Å². The minimum atomic E-state index is -0.371. The molecule has 2 aromatic rings. The summed E-state index contributed by atoms with van der Waals surface area (Å²) in [5.74, 6) is 0.00646. The van der Waals surface area contributed by atoms with Crippen LogP contribution in [0.15, 0.2) is 48.5 Å². The van der Waals surface area contributed by atoms with Gasteiger partial charge in [-0.05, 0) is 37.5 Å². The number of nitrogens with two attached hydrogens (primary N) is 1. The van der Waals surface area contributed by atoms with Crippen LogP contribution in [0.2, 0.25) is 0 Å². The molecule has 27 heavy (non-hydrogen) atoms. The van der Waals surface area contributed by atoms with Gasteiger partial charge in [-0.1, -0.05) is 42.0 Å². The van der Waals surface area contributed by atoms with Gasteiger partial charge in [0, 0.05) is 24.2 Å². The van der Waals surface area contributed by atoms with E-state index in [9.17, 15) is 9.59 Å². The van der Waals surface area contributed by atoms with E-state index in [1.54, 1.807) is 4.90 Å². The molecule has 4 rings (SSSR count). The average molecular weight is 364 g/mol. The lowest BCUT2D eigenvalue weighted by Gasteiger charge is -2.29. The van der Waals surface area contributed by atoms with Crippen molar-refractivity contribution in [1.29, 1.82) is 0 Å². The maximum absolute atomic E-state index is 13.1. The standard InChI is InChI=1S/C22H25N3O2/c1-15-8-10-18(11-9-15)24-21(26)20-7-4-12-25(20)22(27)19-13-16-5-2-3-6-17(16)14-23-19/h2-3,5-6,8-11,19-20,23H,4,7,12-14H2,1H3,(H,24,26)/p+1/t19-,20-/m0/s1. The highest BCUT2D eigenvalue weighted by Gasteiger charge is 2.39. The first-order chi connectivity index (χ1) is 13.1. The van der Waals surface area contributed by atoms with E-state index in [1.807, 2.05) is 43.3 Å². The summed E-state index contributed by atoms with van der Waals surface area (Å²) >= 11 is 0. The van der Waals surface area contributed by atoms with E-state index in [-0.39, 0.29) is 23.9 Å². The molecule has 0 saturated carbocycles. The molecule has 140 valence electrons. The molecule has 2 heterocycles. The molecule has 1 saturated heterocycles. The summed E-state index contributed by atoms with van der Waals surface area (Å²) < 4.78 is 0. The molecule has 5 nitrogen and oxygen atoms in total. The molecule has 2 aliphatic rings. The van der Waals surface area contributed by atoms with Crippen LogP contribution in [0.5, 0.6) is 0 Å². The maximum Gasteiger partial charge on any atom is 0.281 e. The highest BCUT2D eigenvalue weighted by molar-refractivity contribution is 5.98. The van der Waals surface area contributed by atoms with Crippen molar-refractivity contribution in [3.05, 3.63) is 65.2 Å². The van der Waals surface area contributed by atoms with Gasteiger partial charge in [-0.3, -0.25) is 9.59 Å². The van der Waals surface area contributed by atoms with Crippen LogP contribution in [0.3, 0.4) is 0 Å². The summed E-state index contributed by atoms with van der Waals surface area (Å²) in [7, 11) is 0. The van der Waals surface area contributed by atoms with Gasteiger partial charge in [0.2, 0.25) is 5.91 Å². The van der Waals surface area contributed by atoms with Crippen LogP contribution in [-0.2, 0) is 22.6 Å². The number of hydrogen-bond donors (Lipinski definition) is 2. The highest BCUT2D eigenvalue weighted by atomic mass is 16.2. The minimum absolute atomic E-state index is 0.0825. The fourth-order valence-electron chi connectivity index (χ4n) is 4.11. The van der Waals surface area contributed by atoms with E-state index in [4.69, 9.17) is 0 Å². The van der Waals surface area contributed by atoms with Gasteiger partial charge in [0.25, 0.3) is 5.91 Å². The molecule has 3 N–H and O–H groups in total. The van der Waals surface area contributed by atoms with E-state index in [2.05, 4.69) is 22.8 Å². The summed E-state index contributed by atoms with van der Waals surface area (Å²) in [6, 6.07) is 15.6. The third kappa shape index (κ3) is 3.74. The van der Waals surface area contributed by atoms with Crippen LogP contribution in [0.4, 0.5) is 5.69 Å². The van der Waals surface area contributed by atoms with Gasteiger partial charge >= 0.3 is 0 Å². The van der Waals surface area contributed by atoms with Crippen molar-refractivity contribution in [1.82, 2.24) is 4.90 Å². The number of quaternary nitrogens is 1. The van der Waals surface area contributed by atoms with Crippen LogP contribution in [0.25, 0.3) is 0 Å². The van der Waals surface area contributed by atoms with Crippen LogP contribution in [0.1, 0.15) is 29.5 Å². The lowest BCUT2D eigenvalue weighted by Crippen LogP contribution is -2.93. The number of hydrogen-bond acceptors (Lipinski definition) is 2. The number of rotatable bonds is 3. The second kappa shape index (κ2) is 7.53. The predicted octanol–water partition coefficient (Wildman–Crippen LogP) is 1.61. The molecule has 2 atom stereocenters. The van der Waals surface area contributed by atoms with E-state index in [0.717, 1.165) is 37.1 Å². The Hall–Kier alpha value is -2.66. The zero-order chi connectivity index (χ0) is 18.8. The first kappa shape index (κ1) is 17.7. The SMILES string of the molecule is Cc1ccc(NC(=O)[C@@H]2CCCN2C(=O)[C@@H]2Cc3ccccc3C[NH2+]2)cc1. The van der Waals surface area contributed by atoms with Crippen LogP contribution in [0, 0.1) is 6.92 Å². The normalized spacial score (nSPS) is 21.6. The van der Waals surface area contributed by atoms with Gasteiger partial charge in [0.05, 0.1) is 0 Å². The van der Waals surface area contributed by atoms with Gasteiger partial charge in [-0.2, -0.15) is 0 Å². The van der Waals surface area contributed by atoms with Crippen molar-refractivity contribution in [3.8, 4) is 0 Å². The number of carbonyl (C=O) groups is 2. The molecule has 0 aromatic heterocycles. The van der Waals surface area contributed by atoms with Crippen molar-refractivity contribution in [2.24, 2.45) is 0 Å². The Morgan fingerprint density at radius 1 is 1.07 bits per heavy atom. The monoisotopic (exact) mass is 364 g/mol. The molecule has 0 radical (unpaired) electrons. The molecule has 0 spiro atoms. The summed E-state index contributed by atoms with van der Waals surface area (Å²) in [6.07, 6.45) is 2.34. The Morgan fingerprint density at radius 3 is 2.59 bits per heavy atom. The molecule has 0 aliphatic carbocycles. The Bertz CT molecular complexity index is 847. The molecule has 2 aromatic carbocycles. The van der Waals surface area contributed by atoms with Crippen LogP contribution in [-0.4, -0.2) is 35.3 Å². The highest BCUT2D eigenvalue weighted by Crippen LogP contribution is 2.22. The number of nitrogens with one attached hydrogen (secondary N) is 1. The number of fused-ring (bicyclic) bond motifs is 1. The third-order valence-corrected chi connectivity index (χ3v) is 5.66. The predicted molar refractivity (Wildman–Crippen MR) is 104 cm³/mol. The minimum Gasteiger partial charge on any atom is -0.332 e. The molecule has 2 aliphatic heterocycles. The molecule has 0 unspecified atom stereocenters. The number of carbonyl (C=O) groups excluding carboxylic acids is 2. The number of likely N-dealkylation sites (tertiary alicyclic amines) is 1. The Labute approximate surface area is 159 Å². The largest absolute Gasteiger partial charge is 0.332 e. The Balaban J connectivity index is 1.44. The summed E-state index contributed by atoms with van der Waals surface area (Å²) in [6.45, 7) is 3.50. The molecule has 1 fully saturated rings. The van der Waals surface area contributed by atoms with Crippen LogP contribution >= 0.6 is 0 Å². The maximum atomic E-state index is 13.1. The van der Waals surface area contributed by atoms with Crippen LogP contribution < -0.4 is 10.6 Å². The molecular formula is C22H26N3O2+. The zero-order valence-electron chi connectivity index (χ0n) is 15.7. The number of anilines is 1. The Morgan fingerprint density at radius 2 is 1.81 bits per heavy atom. The van der Waals surface area contributed by atoms with E-state index < -0.39 is 0 Å². The number of amides is 2.